The number of hydrogen-bond acceptors (Lipinski definition) is 4. The highest BCUT2D eigenvalue weighted by atomic mass is 32.2. The van der Waals surface area contributed by atoms with Crippen molar-refractivity contribution >= 4 is 33.4 Å². The lowest BCUT2D eigenvalue weighted by atomic mass is 10.2. The number of amides is 1. The van der Waals surface area contributed by atoms with Crippen LogP contribution in [0.15, 0.2) is 29.2 Å². The largest absolute Gasteiger partial charge is 0.325 e. The average Bonchev–Trinajstić information content (AvgIpc) is 2.88. The number of thioether (sulfide) groups is 1. The van der Waals surface area contributed by atoms with Crippen LogP contribution in [0.2, 0.25) is 0 Å². The van der Waals surface area contributed by atoms with Gasteiger partial charge in [-0.3, -0.25) is 4.79 Å². The van der Waals surface area contributed by atoms with Crippen LogP contribution >= 0.6 is 11.8 Å². The van der Waals surface area contributed by atoms with E-state index < -0.39 is 16.1 Å². The van der Waals surface area contributed by atoms with Crippen LogP contribution in [0, 0.1) is 0 Å². The molecule has 0 radical (unpaired) electrons. The summed E-state index contributed by atoms with van der Waals surface area (Å²) in [6.07, 6.45) is 4.40. The van der Waals surface area contributed by atoms with Gasteiger partial charge in [0, 0.05) is 17.1 Å². The Morgan fingerprint density at radius 2 is 2.20 bits per heavy atom. The molecule has 7 heteroatoms. The third kappa shape index (κ3) is 3.53. The number of sulfonamides is 1. The monoisotopic (exact) mass is 314 g/mol. The van der Waals surface area contributed by atoms with Crippen LogP contribution in [0.1, 0.15) is 12.8 Å². The second kappa shape index (κ2) is 6.15. The van der Waals surface area contributed by atoms with E-state index in [2.05, 4.69) is 5.32 Å². The molecule has 0 spiro atoms. The fourth-order valence-electron chi connectivity index (χ4n) is 2.33. The highest BCUT2D eigenvalue weighted by Gasteiger charge is 2.36. The molecule has 1 amide bonds. The van der Waals surface area contributed by atoms with Crippen molar-refractivity contribution in [3.63, 3.8) is 0 Å². The molecule has 1 heterocycles. The second-order valence-corrected chi connectivity index (χ2v) is 7.57. The number of nitrogens with zero attached hydrogens (tertiary/aromatic N) is 1. The van der Waals surface area contributed by atoms with Crippen LogP contribution in [0.3, 0.4) is 0 Å². The van der Waals surface area contributed by atoms with E-state index in [0.717, 1.165) is 17.6 Å². The summed E-state index contributed by atoms with van der Waals surface area (Å²) in [4.78, 5) is 13.3. The van der Waals surface area contributed by atoms with E-state index in [4.69, 9.17) is 0 Å². The van der Waals surface area contributed by atoms with Crippen molar-refractivity contribution in [3.05, 3.63) is 24.3 Å². The average molecular weight is 314 g/mol. The molecule has 0 saturated carbocycles. The van der Waals surface area contributed by atoms with Gasteiger partial charge in [-0.2, -0.15) is 4.31 Å². The third-order valence-corrected chi connectivity index (χ3v) is 5.28. The molecule has 5 nitrogen and oxygen atoms in total. The Morgan fingerprint density at radius 1 is 1.45 bits per heavy atom. The number of carbonyl (C=O) groups excluding carboxylic acids is 1. The Bertz CT molecular complexity index is 601. The molecule has 0 aliphatic carbocycles. The van der Waals surface area contributed by atoms with E-state index in [0.29, 0.717) is 18.7 Å². The summed E-state index contributed by atoms with van der Waals surface area (Å²) in [5.41, 5.74) is 0.696. The highest BCUT2D eigenvalue weighted by Crippen LogP contribution is 2.23. The SMILES string of the molecule is CSc1cccc(NC(=O)C2CCCN2S(C)(=O)=O)c1. The van der Waals surface area contributed by atoms with Gasteiger partial charge in [0.2, 0.25) is 15.9 Å². The number of rotatable bonds is 4. The first-order valence-corrected chi connectivity index (χ1v) is 9.41. The lowest BCUT2D eigenvalue weighted by Gasteiger charge is -2.21. The maximum atomic E-state index is 12.2. The fourth-order valence-corrected chi connectivity index (χ4v) is 3.91. The molecule has 1 saturated heterocycles. The first kappa shape index (κ1) is 15.3. The van der Waals surface area contributed by atoms with Gasteiger partial charge in [0.05, 0.1) is 6.26 Å². The van der Waals surface area contributed by atoms with Gasteiger partial charge in [0.25, 0.3) is 0 Å². The van der Waals surface area contributed by atoms with Gasteiger partial charge < -0.3 is 5.32 Å². The predicted octanol–water partition coefficient (Wildman–Crippen LogP) is 1.77. The Labute approximate surface area is 123 Å². The van der Waals surface area contributed by atoms with Crippen LogP contribution in [-0.2, 0) is 14.8 Å². The number of benzene rings is 1. The summed E-state index contributed by atoms with van der Waals surface area (Å²) in [6, 6.07) is 6.91. The van der Waals surface area contributed by atoms with Crippen LogP contribution < -0.4 is 5.32 Å². The smallest absolute Gasteiger partial charge is 0.242 e. The van der Waals surface area contributed by atoms with Crippen molar-refractivity contribution in [1.82, 2.24) is 4.31 Å². The quantitative estimate of drug-likeness (QED) is 0.860. The van der Waals surface area contributed by atoms with Gasteiger partial charge in [-0.25, -0.2) is 8.42 Å². The molecule has 1 unspecified atom stereocenters. The summed E-state index contributed by atoms with van der Waals surface area (Å²) in [5, 5.41) is 2.80. The Morgan fingerprint density at radius 3 is 2.85 bits per heavy atom. The van der Waals surface area contributed by atoms with Gasteiger partial charge in [-0.15, -0.1) is 11.8 Å². The zero-order valence-electron chi connectivity index (χ0n) is 11.5. The molecule has 1 N–H and O–H groups in total. The Hall–Kier alpha value is -1.05. The van der Waals surface area contributed by atoms with Crippen LogP contribution in [0.25, 0.3) is 0 Å². The molecule has 110 valence electrons. The van der Waals surface area contributed by atoms with E-state index in [1.165, 1.54) is 4.31 Å². The topological polar surface area (TPSA) is 66.5 Å². The molecule has 1 aromatic carbocycles. The van der Waals surface area contributed by atoms with E-state index in [1.807, 2.05) is 24.5 Å². The molecule has 20 heavy (non-hydrogen) atoms. The zero-order valence-corrected chi connectivity index (χ0v) is 13.1. The van der Waals surface area contributed by atoms with Crippen LogP contribution in [0.5, 0.6) is 0 Å². The minimum atomic E-state index is -3.33. The maximum absolute atomic E-state index is 12.2. The third-order valence-electron chi connectivity index (χ3n) is 3.27. The van der Waals surface area contributed by atoms with Gasteiger partial charge in [0.15, 0.2) is 0 Å². The van der Waals surface area contributed by atoms with E-state index in [-0.39, 0.29) is 5.91 Å². The summed E-state index contributed by atoms with van der Waals surface area (Å²) < 4.78 is 24.6. The zero-order chi connectivity index (χ0) is 14.8. The summed E-state index contributed by atoms with van der Waals surface area (Å²) in [7, 11) is -3.33. The van der Waals surface area contributed by atoms with Crippen molar-refractivity contribution in [2.75, 3.05) is 24.4 Å². The van der Waals surface area contributed by atoms with Gasteiger partial charge in [-0.1, -0.05) is 6.07 Å². The van der Waals surface area contributed by atoms with E-state index in [9.17, 15) is 13.2 Å². The fraction of sp³-hybridized carbons (Fsp3) is 0.462. The van der Waals surface area contributed by atoms with E-state index >= 15 is 0 Å². The number of hydrogen-bond donors (Lipinski definition) is 1. The minimum absolute atomic E-state index is 0.258. The first-order valence-electron chi connectivity index (χ1n) is 6.33. The lowest BCUT2D eigenvalue weighted by molar-refractivity contribution is -0.119. The van der Waals surface area contributed by atoms with Gasteiger partial charge >= 0.3 is 0 Å². The molecule has 1 aliphatic heterocycles. The highest BCUT2D eigenvalue weighted by molar-refractivity contribution is 7.98. The van der Waals surface area contributed by atoms with Crippen molar-refractivity contribution in [2.24, 2.45) is 0 Å². The summed E-state index contributed by atoms with van der Waals surface area (Å²) in [6.45, 7) is 0.418. The van der Waals surface area contributed by atoms with Crippen molar-refractivity contribution in [2.45, 2.75) is 23.8 Å². The molecule has 0 aromatic heterocycles. The molecule has 1 fully saturated rings. The minimum Gasteiger partial charge on any atom is -0.325 e. The number of anilines is 1. The molecular weight excluding hydrogens is 296 g/mol. The Kier molecular flexibility index (Phi) is 4.72. The molecule has 2 rings (SSSR count). The number of carbonyl (C=O) groups is 1. The summed E-state index contributed by atoms with van der Waals surface area (Å²) >= 11 is 1.59. The van der Waals surface area contributed by atoms with Crippen molar-refractivity contribution in [3.8, 4) is 0 Å². The van der Waals surface area contributed by atoms with Crippen molar-refractivity contribution < 1.29 is 13.2 Å². The molecule has 1 aliphatic rings. The molecule has 1 aromatic rings. The van der Waals surface area contributed by atoms with Gasteiger partial charge in [0.1, 0.15) is 6.04 Å². The van der Waals surface area contributed by atoms with Crippen LogP contribution in [-0.4, -0.2) is 43.7 Å². The number of nitrogens with one attached hydrogen (secondary N) is 1. The molecule has 1 atom stereocenters. The molecule has 0 bridgehead atoms. The maximum Gasteiger partial charge on any atom is 0.242 e. The standard InChI is InChI=1S/C13H18N2O3S2/c1-19-11-6-3-5-10(9-11)14-13(16)12-7-4-8-15(12)20(2,17)18/h3,5-6,9,12H,4,7-8H2,1-2H3,(H,14,16). The predicted molar refractivity (Wildman–Crippen MR) is 81.4 cm³/mol. The van der Waals surface area contributed by atoms with Gasteiger partial charge in [-0.05, 0) is 37.3 Å². The normalized spacial score (nSPS) is 20.0. The van der Waals surface area contributed by atoms with Crippen LogP contribution in [0.4, 0.5) is 5.69 Å². The molecular formula is C13H18N2O3S2. The first-order chi connectivity index (χ1) is 9.41. The second-order valence-electron chi connectivity index (χ2n) is 4.75. The summed E-state index contributed by atoms with van der Waals surface area (Å²) in [5.74, 6) is -0.258. The lowest BCUT2D eigenvalue weighted by Crippen LogP contribution is -2.42. The van der Waals surface area contributed by atoms with Crippen molar-refractivity contribution in [1.29, 1.82) is 0 Å². The van der Waals surface area contributed by atoms with E-state index in [1.54, 1.807) is 17.8 Å². The Balaban J connectivity index is 2.11.